The largest absolute Gasteiger partial charge is 0.508 e. The Hall–Kier alpha value is -4.99. The molecule has 0 aliphatic carbocycles. The third-order valence-electron chi connectivity index (χ3n) is 4.81. The van der Waals surface area contributed by atoms with Gasteiger partial charge in [-0.3, -0.25) is 28.9 Å². The third-order valence-corrected chi connectivity index (χ3v) is 4.81. The van der Waals surface area contributed by atoms with Crippen molar-refractivity contribution < 1.29 is 43.7 Å². The standard InChI is InChI=1S/C26H21NO9/c1-15(28)35-22-9-5-3-7-18(22)25(33)20-13-17(30)11-12-21(20)27(14-24(31)32)26(34)19-8-4-6-10-23(19)36-16(2)29/h3-13,30H,14H2,1-2H3,(H,31,32). The van der Waals surface area contributed by atoms with E-state index in [1.807, 2.05) is 0 Å². The van der Waals surface area contributed by atoms with E-state index < -0.39 is 36.1 Å². The lowest BCUT2D eigenvalue weighted by atomic mass is 9.99. The number of carbonyl (C=O) groups excluding carboxylic acids is 4. The predicted molar refractivity (Wildman–Crippen MR) is 126 cm³/mol. The molecule has 0 heterocycles. The van der Waals surface area contributed by atoms with Crippen LogP contribution in [0.5, 0.6) is 17.2 Å². The SMILES string of the molecule is CC(=O)Oc1ccccc1C(=O)c1cc(O)ccc1N(CC(=O)O)C(=O)c1ccccc1OC(C)=O. The number of esters is 2. The molecule has 36 heavy (non-hydrogen) atoms. The summed E-state index contributed by atoms with van der Waals surface area (Å²) in [7, 11) is 0. The summed E-state index contributed by atoms with van der Waals surface area (Å²) in [6, 6.07) is 15.1. The number of hydrogen-bond acceptors (Lipinski definition) is 8. The van der Waals surface area contributed by atoms with Crippen molar-refractivity contribution in [2.45, 2.75) is 13.8 Å². The van der Waals surface area contributed by atoms with Gasteiger partial charge in [0.1, 0.15) is 23.8 Å². The number of carboxylic acids is 1. The number of hydrogen-bond donors (Lipinski definition) is 2. The van der Waals surface area contributed by atoms with Gasteiger partial charge in [0.2, 0.25) is 0 Å². The van der Waals surface area contributed by atoms with Crippen molar-refractivity contribution in [3.63, 3.8) is 0 Å². The number of ether oxygens (including phenoxy) is 2. The normalized spacial score (nSPS) is 10.3. The van der Waals surface area contributed by atoms with Crippen molar-refractivity contribution in [3.05, 3.63) is 83.4 Å². The monoisotopic (exact) mass is 491 g/mol. The van der Waals surface area contributed by atoms with Gasteiger partial charge in [-0.2, -0.15) is 0 Å². The molecule has 10 heteroatoms. The van der Waals surface area contributed by atoms with E-state index in [1.165, 1.54) is 54.6 Å². The summed E-state index contributed by atoms with van der Waals surface area (Å²) in [5.74, 6) is -4.84. The molecule has 0 aliphatic rings. The van der Waals surface area contributed by atoms with Gasteiger partial charge in [-0.25, -0.2) is 0 Å². The fourth-order valence-corrected chi connectivity index (χ4v) is 3.42. The molecule has 0 unspecified atom stereocenters. The number of benzene rings is 3. The van der Waals surface area contributed by atoms with E-state index in [9.17, 15) is 34.2 Å². The van der Waals surface area contributed by atoms with E-state index in [4.69, 9.17) is 9.47 Å². The molecule has 0 saturated carbocycles. The second-order valence-corrected chi connectivity index (χ2v) is 7.50. The van der Waals surface area contributed by atoms with Crippen molar-refractivity contribution in [1.29, 1.82) is 0 Å². The van der Waals surface area contributed by atoms with E-state index in [0.717, 1.165) is 24.8 Å². The first-order valence-electron chi connectivity index (χ1n) is 10.5. The van der Waals surface area contributed by atoms with Crippen molar-refractivity contribution in [3.8, 4) is 17.2 Å². The van der Waals surface area contributed by atoms with E-state index in [0.29, 0.717) is 0 Å². The molecule has 0 fully saturated rings. The van der Waals surface area contributed by atoms with E-state index in [2.05, 4.69) is 0 Å². The first-order chi connectivity index (χ1) is 17.1. The molecule has 3 rings (SSSR count). The van der Waals surface area contributed by atoms with Crippen LogP contribution in [0.4, 0.5) is 5.69 Å². The zero-order valence-corrected chi connectivity index (χ0v) is 19.3. The summed E-state index contributed by atoms with van der Waals surface area (Å²) in [4.78, 5) is 62.6. The Bertz CT molecular complexity index is 1360. The van der Waals surface area contributed by atoms with Crippen LogP contribution in [0, 0.1) is 0 Å². The molecule has 0 bridgehead atoms. The minimum Gasteiger partial charge on any atom is -0.508 e. The van der Waals surface area contributed by atoms with Crippen LogP contribution in [0.2, 0.25) is 0 Å². The predicted octanol–water partition coefficient (Wildman–Crippen LogP) is 3.21. The van der Waals surface area contributed by atoms with Crippen LogP contribution in [0.1, 0.15) is 40.1 Å². The van der Waals surface area contributed by atoms with E-state index in [-0.39, 0.29) is 39.6 Å². The average Bonchev–Trinajstić information content (AvgIpc) is 2.82. The fraction of sp³-hybridized carbons (Fsp3) is 0.115. The summed E-state index contributed by atoms with van der Waals surface area (Å²) in [6.45, 7) is 1.45. The lowest BCUT2D eigenvalue weighted by molar-refractivity contribution is -0.135. The number of carbonyl (C=O) groups is 5. The van der Waals surface area contributed by atoms with Crippen molar-refractivity contribution in [2.75, 3.05) is 11.4 Å². The Kier molecular flexibility index (Phi) is 7.80. The number of phenols is 1. The number of phenolic OH excluding ortho intramolecular Hbond substituents is 1. The molecule has 0 aromatic heterocycles. The Morgan fingerprint density at radius 1 is 0.750 bits per heavy atom. The van der Waals surface area contributed by atoms with Gasteiger partial charge < -0.3 is 19.7 Å². The minimum atomic E-state index is -1.39. The van der Waals surface area contributed by atoms with E-state index in [1.54, 1.807) is 6.07 Å². The number of anilines is 1. The third kappa shape index (κ3) is 5.92. The maximum absolute atomic E-state index is 13.5. The molecule has 1 amide bonds. The van der Waals surface area contributed by atoms with Gasteiger partial charge in [0.25, 0.3) is 5.91 Å². The van der Waals surface area contributed by atoms with Crippen LogP contribution < -0.4 is 14.4 Å². The van der Waals surface area contributed by atoms with Gasteiger partial charge in [0.15, 0.2) is 5.78 Å². The average molecular weight is 491 g/mol. The van der Waals surface area contributed by atoms with Gasteiger partial charge in [0, 0.05) is 13.8 Å². The molecule has 10 nitrogen and oxygen atoms in total. The van der Waals surface area contributed by atoms with Crippen molar-refractivity contribution in [1.82, 2.24) is 0 Å². The van der Waals surface area contributed by atoms with Gasteiger partial charge in [-0.15, -0.1) is 0 Å². The molecule has 2 N–H and O–H groups in total. The van der Waals surface area contributed by atoms with Crippen LogP contribution in [-0.2, 0) is 14.4 Å². The summed E-state index contributed by atoms with van der Waals surface area (Å²) in [6.07, 6.45) is 0. The molecular formula is C26H21NO9. The Balaban J connectivity index is 2.17. The van der Waals surface area contributed by atoms with Gasteiger partial charge in [-0.1, -0.05) is 24.3 Å². The van der Waals surface area contributed by atoms with Crippen LogP contribution in [0.25, 0.3) is 0 Å². The molecule has 3 aromatic rings. The van der Waals surface area contributed by atoms with Crippen molar-refractivity contribution >= 4 is 35.3 Å². The highest BCUT2D eigenvalue weighted by atomic mass is 16.5. The van der Waals surface area contributed by atoms with Crippen LogP contribution in [-0.4, -0.2) is 46.4 Å². The molecule has 0 saturated heterocycles. The van der Waals surface area contributed by atoms with Crippen LogP contribution in [0.3, 0.4) is 0 Å². The summed E-state index contributed by atoms with van der Waals surface area (Å²) in [5, 5.41) is 19.6. The maximum atomic E-state index is 13.5. The molecule has 0 aliphatic heterocycles. The topological polar surface area (TPSA) is 148 Å². The number of aromatic hydroxyl groups is 1. The highest BCUT2D eigenvalue weighted by Crippen LogP contribution is 2.32. The summed E-state index contributed by atoms with van der Waals surface area (Å²) >= 11 is 0. The zero-order valence-electron chi connectivity index (χ0n) is 19.3. The molecule has 0 atom stereocenters. The number of aliphatic carboxylic acids is 1. The number of ketones is 1. The molecule has 0 radical (unpaired) electrons. The lowest BCUT2D eigenvalue weighted by Crippen LogP contribution is -2.37. The first kappa shape index (κ1) is 25.6. The number of rotatable bonds is 8. The lowest BCUT2D eigenvalue weighted by Gasteiger charge is -2.24. The van der Waals surface area contributed by atoms with Crippen LogP contribution >= 0.6 is 0 Å². The molecular weight excluding hydrogens is 470 g/mol. The van der Waals surface area contributed by atoms with E-state index >= 15 is 0 Å². The summed E-state index contributed by atoms with van der Waals surface area (Å²) < 4.78 is 10.2. The van der Waals surface area contributed by atoms with Gasteiger partial charge in [0.05, 0.1) is 22.4 Å². The smallest absolute Gasteiger partial charge is 0.323 e. The minimum absolute atomic E-state index is 0.0532. The summed E-state index contributed by atoms with van der Waals surface area (Å²) in [5.41, 5.74) is -0.544. The number of para-hydroxylation sites is 2. The highest BCUT2D eigenvalue weighted by Gasteiger charge is 2.29. The zero-order chi connectivity index (χ0) is 26.4. The Morgan fingerprint density at radius 2 is 1.28 bits per heavy atom. The number of nitrogens with zero attached hydrogens (tertiary/aromatic N) is 1. The number of amides is 1. The first-order valence-corrected chi connectivity index (χ1v) is 10.5. The highest BCUT2D eigenvalue weighted by molar-refractivity contribution is 6.18. The van der Waals surface area contributed by atoms with Crippen LogP contribution in [0.15, 0.2) is 66.7 Å². The molecule has 3 aromatic carbocycles. The Labute approximate surface area is 205 Å². The van der Waals surface area contributed by atoms with Gasteiger partial charge >= 0.3 is 17.9 Å². The number of carboxylic acid groups (broad SMARTS) is 1. The van der Waals surface area contributed by atoms with Crippen molar-refractivity contribution in [2.24, 2.45) is 0 Å². The second kappa shape index (κ2) is 11.0. The fourth-order valence-electron chi connectivity index (χ4n) is 3.42. The van der Waals surface area contributed by atoms with Gasteiger partial charge in [-0.05, 0) is 42.5 Å². The molecule has 0 spiro atoms. The maximum Gasteiger partial charge on any atom is 0.323 e. The second-order valence-electron chi connectivity index (χ2n) is 7.50. The quantitative estimate of drug-likeness (QED) is 0.275. The molecule has 184 valence electrons. The Morgan fingerprint density at radius 3 is 1.83 bits per heavy atom.